The molecule has 0 spiro atoms. The van der Waals surface area contributed by atoms with Gasteiger partial charge in [0, 0.05) is 6.61 Å². The zero-order valence-electron chi connectivity index (χ0n) is 9.05. The average Bonchev–Trinajstić information content (AvgIpc) is 2.28. The molecule has 1 aliphatic rings. The molecule has 1 fully saturated rings. The van der Waals surface area contributed by atoms with Crippen LogP contribution in [0, 0.1) is 0 Å². The lowest BCUT2D eigenvalue weighted by Gasteiger charge is -2.23. The van der Waals surface area contributed by atoms with E-state index in [0.717, 1.165) is 19.3 Å². The third kappa shape index (κ3) is 5.09. The van der Waals surface area contributed by atoms with Crippen LogP contribution in [-0.4, -0.2) is 43.0 Å². The molecule has 1 rings (SSSR count). The minimum absolute atomic E-state index is 0.203. The average molecular weight is 231 g/mol. The van der Waals surface area contributed by atoms with Gasteiger partial charge in [-0.1, -0.05) is 0 Å². The zero-order valence-corrected chi connectivity index (χ0v) is 9.05. The van der Waals surface area contributed by atoms with E-state index >= 15 is 0 Å². The second-order valence-electron chi connectivity index (χ2n) is 3.65. The molecule has 0 aromatic rings. The molecule has 6 nitrogen and oxygen atoms in total. The number of hydrogen-bond donors (Lipinski definition) is 2. The van der Waals surface area contributed by atoms with Gasteiger partial charge >= 0.3 is 6.09 Å². The van der Waals surface area contributed by atoms with Gasteiger partial charge in [-0.05, 0) is 25.7 Å². The molecule has 1 heterocycles. The fourth-order valence-electron chi connectivity index (χ4n) is 1.50. The number of aldehydes is 1. The molecule has 0 aromatic heterocycles. The Morgan fingerprint density at radius 2 is 2.44 bits per heavy atom. The van der Waals surface area contributed by atoms with Crippen LogP contribution in [0.5, 0.6) is 0 Å². The lowest BCUT2D eigenvalue weighted by Crippen LogP contribution is -2.36. The first kappa shape index (κ1) is 12.9. The molecule has 16 heavy (non-hydrogen) atoms. The normalized spacial score (nSPS) is 22.4. The summed E-state index contributed by atoms with van der Waals surface area (Å²) in [5.74, 6) is 0. The van der Waals surface area contributed by atoms with E-state index in [2.05, 4.69) is 5.32 Å². The van der Waals surface area contributed by atoms with Gasteiger partial charge in [-0.3, -0.25) is 0 Å². The quantitative estimate of drug-likeness (QED) is 0.659. The van der Waals surface area contributed by atoms with Crippen molar-refractivity contribution >= 4 is 12.4 Å². The smallest absolute Gasteiger partial charge is 0.405 e. The van der Waals surface area contributed by atoms with Crippen molar-refractivity contribution in [2.45, 2.75) is 38.0 Å². The van der Waals surface area contributed by atoms with E-state index in [4.69, 9.17) is 14.6 Å². The molecule has 0 saturated carbocycles. The predicted octanol–water partition coefficient (Wildman–Crippen LogP) is 0.755. The number of ether oxygens (including phenoxy) is 2. The highest BCUT2D eigenvalue weighted by molar-refractivity contribution is 5.71. The van der Waals surface area contributed by atoms with Crippen LogP contribution in [0.15, 0.2) is 0 Å². The number of carboxylic acid groups (broad SMARTS) is 1. The van der Waals surface area contributed by atoms with E-state index in [0.29, 0.717) is 25.9 Å². The molecule has 1 aliphatic heterocycles. The summed E-state index contributed by atoms with van der Waals surface area (Å²) in [4.78, 5) is 20.8. The van der Waals surface area contributed by atoms with E-state index < -0.39 is 12.1 Å². The van der Waals surface area contributed by atoms with Crippen LogP contribution in [-0.2, 0) is 14.3 Å². The number of amides is 1. The van der Waals surface area contributed by atoms with Crippen molar-refractivity contribution in [3.63, 3.8) is 0 Å². The fourth-order valence-corrected chi connectivity index (χ4v) is 1.50. The molecule has 2 atom stereocenters. The maximum absolute atomic E-state index is 10.5. The Hall–Kier alpha value is -1.14. The lowest BCUT2D eigenvalue weighted by molar-refractivity contribution is -0.163. The minimum atomic E-state index is -1.20. The predicted molar refractivity (Wildman–Crippen MR) is 55.2 cm³/mol. The van der Waals surface area contributed by atoms with Gasteiger partial charge in [0.2, 0.25) is 0 Å². The number of rotatable bonds is 6. The largest absolute Gasteiger partial charge is 0.465 e. The Balaban J connectivity index is 2.12. The van der Waals surface area contributed by atoms with Crippen molar-refractivity contribution < 1.29 is 24.2 Å². The molecule has 2 N–H and O–H groups in total. The van der Waals surface area contributed by atoms with Gasteiger partial charge in [-0.2, -0.15) is 0 Å². The Morgan fingerprint density at radius 1 is 1.62 bits per heavy atom. The van der Waals surface area contributed by atoms with Crippen LogP contribution in [0.2, 0.25) is 0 Å². The van der Waals surface area contributed by atoms with E-state index in [1.807, 2.05) is 0 Å². The summed E-state index contributed by atoms with van der Waals surface area (Å²) in [7, 11) is 0. The highest BCUT2D eigenvalue weighted by Crippen LogP contribution is 2.13. The van der Waals surface area contributed by atoms with Crippen molar-refractivity contribution in [3.05, 3.63) is 0 Å². The first-order chi connectivity index (χ1) is 7.72. The van der Waals surface area contributed by atoms with Gasteiger partial charge in [-0.25, -0.2) is 4.79 Å². The van der Waals surface area contributed by atoms with E-state index in [1.165, 1.54) is 0 Å². The molecule has 1 amide bonds. The van der Waals surface area contributed by atoms with Crippen LogP contribution in [0.4, 0.5) is 4.79 Å². The second-order valence-corrected chi connectivity index (χ2v) is 3.65. The molecule has 0 aromatic carbocycles. The Kier molecular flexibility index (Phi) is 5.81. The maximum Gasteiger partial charge on any atom is 0.405 e. The van der Waals surface area contributed by atoms with Gasteiger partial charge in [0.15, 0.2) is 6.29 Å². The molecule has 92 valence electrons. The molecule has 1 saturated heterocycles. The first-order valence-electron chi connectivity index (χ1n) is 5.40. The summed E-state index contributed by atoms with van der Waals surface area (Å²) in [6.07, 6.45) is 2.48. The molecule has 0 bridgehead atoms. The SMILES string of the molecule is O=C[C@H](CCOC1CCCCO1)NC(=O)O. The monoisotopic (exact) mass is 231 g/mol. The number of nitrogens with one attached hydrogen (secondary N) is 1. The van der Waals surface area contributed by atoms with Gasteiger partial charge < -0.3 is 24.7 Å². The summed E-state index contributed by atoms with van der Waals surface area (Å²) in [5.41, 5.74) is 0. The molecule has 1 unspecified atom stereocenters. The van der Waals surface area contributed by atoms with E-state index in [-0.39, 0.29) is 6.29 Å². The topological polar surface area (TPSA) is 84.9 Å². The highest BCUT2D eigenvalue weighted by Gasteiger charge is 2.15. The van der Waals surface area contributed by atoms with Crippen molar-refractivity contribution in [1.82, 2.24) is 5.32 Å². The zero-order chi connectivity index (χ0) is 11.8. The van der Waals surface area contributed by atoms with Crippen LogP contribution >= 0.6 is 0 Å². The Bertz CT molecular complexity index is 227. The van der Waals surface area contributed by atoms with Crippen molar-refractivity contribution in [2.24, 2.45) is 0 Å². The van der Waals surface area contributed by atoms with Crippen molar-refractivity contribution in [3.8, 4) is 0 Å². The summed E-state index contributed by atoms with van der Waals surface area (Å²) in [6.45, 7) is 1.02. The molecular formula is C10H17NO5. The first-order valence-corrected chi connectivity index (χ1v) is 5.40. The summed E-state index contributed by atoms with van der Waals surface area (Å²) in [6, 6.07) is -0.707. The Morgan fingerprint density at radius 3 is 3.00 bits per heavy atom. The summed E-state index contributed by atoms with van der Waals surface area (Å²) in [5, 5.41) is 10.5. The van der Waals surface area contributed by atoms with Crippen molar-refractivity contribution in [2.75, 3.05) is 13.2 Å². The highest BCUT2D eigenvalue weighted by atomic mass is 16.7. The van der Waals surface area contributed by atoms with Crippen LogP contribution in [0.3, 0.4) is 0 Å². The molecule has 6 heteroatoms. The van der Waals surface area contributed by atoms with Gasteiger partial charge in [-0.15, -0.1) is 0 Å². The van der Waals surface area contributed by atoms with Gasteiger partial charge in [0.05, 0.1) is 12.6 Å². The van der Waals surface area contributed by atoms with Gasteiger partial charge in [0.1, 0.15) is 6.29 Å². The van der Waals surface area contributed by atoms with Crippen LogP contribution in [0.25, 0.3) is 0 Å². The number of carbonyl (C=O) groups is 2. The van der Waals surface area contributed by atoms with Crippen molar-refractivity contribution in [1.29, 1.82) is 0 Å². The maximum atomic E-state index is 10.5. The summed E-state index contributed by atoms with van der Waals surface area (Å²) < 4.78 is 10.7. The van der Waals surface area contributed by atoms with E-state index in [1.54, 1.807) is 0 Å². The number of carbonyl (C=O) groups excluding carboxylic acids is 1. The number of hydrogen-bond acceptors (Lipinski definition) is 4. The third-order valence-electron chi connectivity index (χ3n) is 2.34. The fraction of sp³-hybridized carbons (Fsp3) is 0.800. The molecular weight excluding hydrogens is 214 g/mol. The molecule has 0 aliphatic carbocycles. The van der Waals surface area contributed by atoms with Crippen LogP contribution < -0.4 is 5.32 Å². The van der Waals surface area contributed by atoms with E-state index in [9.17, 15) is 9.59 Å². The second kappa shape index (κ2) is 7.19. The lowest BCUT2D eigenvalue weighted by atomic mass is 10.2. The van der Waals surface area contributed by atoms with Gasteiger partial charge in [0.25, 0.3) is 0 Å². The third-order valence-corrected chi connectivity index (χ3v) is 2.34. The van der Waals surface area contributed by atoms with Crippen LogP contribution in [0.1, 0.15) is 25.7 Å². The molecule has 0 radical (unpaired) electrons. The minimum Gasteiger partial charge on any atom is -0.465 e. The Labute approximate surface area is 93.9 Å². The standard InChI is InChI=1S/C10H17NO5/c12-7-8(11-10(13)14)4-6-16-9-3-1-2-5-15-9/h7-9,11H,1-6H2,(H,13,14)/t8-,9?/m0/s1. The summed E-state index contributed by atoms with van der Waals surface area (Å²) >= 11 is 0.